The second kappa shape index (κ2) is 10.9. The molecule has 0 aliphatic carbocycles. The van der Waals surface area contributed by atoms with E-state index in [2.05, 4.69) is 31.7 Å². The van der Waals surface area contributed by atoms with Gasteiger partial charge >= 0.3 is 0 Å². The Bertz CT molecular complexity index is 1690. The third-order valence-electron chi connectivity index (χ3n) is 7.56. The van der Waals surface area contributed by atoms with Crippen molar-refractivity contribution >= 4 is 21.9 Å². The highest BCUT2D eigenvalue weighted by atomic mass is 32.2. The van der Waals surface area contributed by atoms with Crippen molar-refractivity contribution in [1.82, 2.24) is 19.8 Å². The second-order valence-corrected chi connectivity index (χ2v) is 12.2. The summed E-state index contributed by atoms with van der Waals surface area (Å²) in [5.41, 5.74) is 4.92. The molecule has 9 nitrogen and oxygen atoms in total. The zero-order chi connectivity index (χ0) is 28.6. The summed E-state index contributed by atoms with van der Waals surface area (Å²) in [6.45, 7) is 6.67. The molecule has 1 aromatic heterocycles. The zero-order valence-corrected chi connectivity index (χ0v) is 23.8. The van der Waals surface area contributed by atoms with Gasteiger partial charge < -0.3 is 9.64 Å². The lowest BCUT2D eigenvalue weighted by molar-refractivity contribution is 0.0310. The smallest absolute Gasteiger partial charge is 0.264 e. The molecule has 2 aliphatic heterocycles. The Morgan fingerprint density at radius 3 is 2.46 bits per heavy atom. The highest BCUT2D eigenvalue weighted by Crippen LogP contribution is 2.30. The topological polar surface area (TPSA) is 105 Å². The first-order valence-electron chi connectivity index (χ1n) is 13.6. The van der Waals surface area contributed by atoms with Gasteiger partial charge in [0.05, 0.1) is 16.6 Å². The Kier molecular flexibility index (Phi) is 7.19. The van der Waals surface area contributed by atoms with E-state index in [-0.39, 0.29) is 35.3 Å². The van der Waals surface area contributed by atoms with Crippen molar-refractivity contribution in [2.75, 3.05) is 31.0 Å². The molecule has 0 unspecified atom stereocenters. The van der Waals surface area contributed by atoms with Crippen LogP contribution in [0.5, 0.6) is 5.88 Å². The van der Waals surface area contributed by atoms with Crippen LogP contribution in [0.15, 0.2) is 83.8 Å². The number of piperazine rings is 1. The van der Waals surface area contributed by atoms with Gasteiger partial charge in [-0.05, 0) is 48.7 Å². The van der Waals surface area contributed by atoms with E-state index in [0.29, 0.717) is 30.9 Å². The predicted octanol–water partition coefficient (Wildman–Crippen LogP) is 4.28. The molecule has 4 aromatic rings. The van der Waals surface area contributed by atoms with Crippen LogP contribution in [-0.2, 0) is 16.6 Å². The van der Waals surface area contributed by atoms with Gasteiger partial charge in [0.1, 0.15) is 6.61 Å². The van der Waals surface area contributed by atoms with Gasteiger partial charge in [0.25, 0.3) is 15.9 Å². The summed E-state index contributed by atoms with van der Waals surface area (Å²) in [6.07, 6.45) is 0. The van der Waals surface area contributed by atoms with Crippen molar-refractivity contribution in [1.29, 1.82) is 0 Å². The van der Waals surface area contributed by atoms with Gasteiger partial charge in [0.2, 0.25) is 11.8 Å². The summed E-state index contributed by atoms with van der Waals surface area (Å²) in [5.74, 6) is -0.0977. The third-order valence-corrected chi connectivity index (χ3v) is 8.88. The van der Waals surface area contributed by atoms with Crippen molar-refractivity contribution in [2.45, 2.75) is 31.3 Å². The number of hydrogen-bond donors (Lipinski definition) is 1. The van der Waals surface area contributed by atoms with Crippen LogP contribution in [0.25, 0.3) is 11.3 Å². The summed E-state index contributed by atoms with van der Waals surface area (Å²) in [5, 5.41) is 0. The maximum Gasteiger partial charge on any atom is 0.264 e. The van der Waals surface area contributed by atoms with Crippen molar-refractivity contribution < 1.29 is 17.9 Å². The van der Waals surface area contributed by atoms with Gasteiger partial charge in [0.15, 0.2) is 0 Å². The molecule has 0 spiro atoms. The molecule has 2 aliphatic rings. The van der Waals surface area contributed by atoms with Crippen LogP contribution >= 0.6 is 0 Å². The molecule has 0 saturated carbocycles. The number of nitrogens with one attached hydrogen (secondary N) is 1. The molecule has 3 aromatic carbocycles. The SMILES string of the molecule is Cc1cccc(C)c1-c1cc2nc(n1)NS(=O)(=O)c1cccc(c1)C(=O)N1CCN(Cc3ccccc3)C[C@@H]1CO2. The van der Waals surface area contributed by atoms with E-state index in [4.69, 9.17) is 4.74 Å². The summed E-state index contributed by atoms with van der Waals surface area (Å²) in [4.78, 5) is 26.8. The van der Waals surface area contributed by atoms with E-state index >= 15 is 0 Å². The first kappa shape index (κ1) is 26.9. The molecule has 41 heavy (non-hydrogen) atoms. The maximum atomic E-state index is 13.7. The standard InChI is InChI=1S/C31H31N5O4S/c1-21-8-6-9-22(2)29(21)27-17-28-33-31(32-27)34-41(38,39)26-13-7-12-24(16-26)30(37)36-15-14-35(19-25(36)20-40-28)18-23-10-4-3-5-11-23/h3-13,16-17,25H,14-15,18-20H2,1-2H3,(H,32,33,34)/t25-/m1/s1. The number of aromatic nitrogens is 2. The molecule has 1 amide bonds. The summed E-state index contributed by atoms with van der Waals surface area (Å²) in [7, 11) is -4.08. The van der Waals surface area contributed by atoms with Crippen LogP contribution in [0.1, 0.15) is 27.0 Å². The number of nitrogens with zero attached hydrogens (tertiary/aromatic N) is 4. The van der Waals surface area contributed by atoms with E-state index < -0.39 is 10.0 Å². The minimum absolute atomic E-state index is 0.0367. The minimum atomic E-state index is -4.08. The lowest BCUT2D eigenvalue weighted by Gasteiger charge is -2.41. The lowest BCUT2D eigenvalue weighted by Crippen LogP contribution is -2.57. The van der Waals surface area contributed by atoms with Gasteiger partial charge in [-0.1, -0.05) is 54.6 Å². The molecule has 1 saturated heterocycles. The molecule has 0 radical (unpaired) electrons. The van der Waals surface area contributed by atoms with Crippen molar-refractivity contribution in [3.8, 4) is 17.1 Å². The maximum absolute atomic E-state index is 13.7. The number of amides is 1. The number of hydrogen-bond acceptors (Lipinski definition) is 7. The number of aryl methyl sites for hydroxylation is 2. The Labute approximate surface area is 239 Å². The number of fused-ring (bicyclic) bond motifs is 5. The number of rotatable bonds is 3. The fourth-order valence-electron chi connectivity index (χ4n) is 5.53. The van der Waals surface area contributed by atoms with Gasteiger partial charge in [0, 0.05) is 43.4 Å². The first-order valence-corrected chi connectivity index (χ1v) is 15.0. The van der Waals surface area contributed by atoms with Crippen molar-refractivity contribution in [3.05, 3.63) is 101 Å². The van der Waals surface area contributed by atoms with Crippen LogP contribution in [0, 0.1) is 13.8 Å². The molecular weight excluding hydrogens is 538 g/mol. The molecule has 1 N–H and O–H groups in total. The highest BCUT2D eigenvalue weighted by molar-refractivity contribution is 7.92. The van der Waals surface area contributed by atoms with Crippen molar-refractivity contribution in [2.24, 2.45) is 0 Å². The Hall–Kier alpha value is -4.28. The van der Waals surface area contributed by atoms with E-state index in [0.717, 1.165) is 23.2 Å². The first-order chi connectivity index (χ1) is 19.8. The van der Waals surface area contributed by atoms with Crippen LogP contribution in [-0.4, -0.2) is 66.4 Å². The molecule has 1 fully saturated rings. The minimum Gasteiger partial charge on any atom is -0.475 e. The van der Waals surface area contributed by atoms with Gasteiger partial charge in [-0.3, -0.25) is 9.69 Å². The van der Waals surface area contributed by atoms with Crippen LogP contribution < -0.4 is 9.46 Å². The molecule has 3 heterocycles. The van der Waals surface area contributed by atoms with Gasteiger partial charge in [-0.15, -0.1) is 0 Å². The quantitative estimate of drug-likeness (QED) is 0.393. The number of carbonyl (C=O) groups is 1. The fourth-order valence-corrected chi connectivity index (χ4v) is 6.52. The number of anilines is 1. The average molecular weight is 570 g/mol. The molecule has 1 atom stereocenters. The Morgan fingerprint density at radius 2 is 1.68 bits per heavy atom. The van der Waals surface area contributed by atoms with E-state index in [1.807, 2.05) is 50.2 Å². The van der Waals surface area contributed by atoms with Crippen LogP contribution in [0.4, 0.5) is 5.95 Å². The predicted molar refractivity (Wildman–Crippen MR) is 156 cm³/mol. The van der Waals surface area contributed by atoms with E-state index in [1.54, 1.807) is 23.1 Å². The van der Waals surface area contributed by atoms with Crippen LogP contribution in [0.2, 0.25) is 0 Å². The normalized spacial score (nSPS) is 18.6. The number of benzene rings is 3. The lowest BCUT2D eigenvalue weighted by atomic mass is 10.00. The molecular formula is C31H31N5O4S. The van der Waals surface area contributed by atoms with Crippen molar-refractivity contribution in [3.63, 3.8) is 0 Å². The molecule has 6 rings (SSSR count). The fraction of sp³-hybridized carbons (Fsp3) is 0.258. The second-order valence-electron chi connectivity index (χ2n) is 10.5. The monoisotopic (exact) mass is 569 g/mol. The number of carbonyl (C=O) groups excluding carboxylic acids is 1. The van der Waals surface area contributed by atoms with Crippen LogP contribution in [0.3, 0.4) is 0 Å². The molecule has 10 heteroatoms. The Morgan fingerprint density at radius 1 is 0.927 bits per heavy atom. The molecule has 4 bridgehead atoms. The Balaban J connectivity index is 1.41. The number of ether oxygens (including phenoxy) is 1. The van der Waals surface area contributed by atoms with Gasteiger partial charge in [-0.25, -0.2) is 18.1 Å². The summed E-state index contributed by atoms with van der Waals surface area (Å²) in [6, 6.07) is 23.7. The highest BCUT2D eigenvalue weighted by Gasteiger charge is 2.33. The molecule has 210 valence electrons. The number of sulfonamides is 1. The third kappa shape index (κ3) is 5.66. The average Bonchev–Trinajstić information content (AvgIpc) is 2.96. The zero-order valence-electron chi connectivity index (χ0n) is 22.9. The summed E-state index contributed by atoms with van der Waals surface area (Å²) < 4.78 is 35.5. The van der Waals surface area contributed by atoms with E-state index in [1.165, 1.54) is 17.7 Å². The van der Waals surface area contributed by atoms with E-state index in [9.17, 15) is 13.2 Å². The summed E-state index contributed by atoms with van der Waals surface area (Å²) >= 11 is 0. The van der Waals surface area contributed by atoms with Gasteiger partial charge in [-0.2, -0.15) is 4.98 Å². The largest absolute Gasteiger partial charge is 0.475 e.